The molecule has 0 spiro atoms. The Labute approximate surface area is 177 Å². The topological polar surface area (TPSA) is 93.8 Å². The Bertz CT molecular complexity index is 847. The molecule has 0 aromatic heterocycles. The lowest BCUT2D eigenvalue weighted by atomic mass is 10.00. The predicted molar refractivity (Wildman–Crippen MR) is 113 cm³/mol. The van der Waals surface area contributed by atoms with Crippen molar-refractivity contribution in [1.29, 1.82) is 0 Å². The van der Waals surface area contributed by atoms with Crippen molar-refractivity contribution in [3.8, 4) is 0 Å². The van der Waals surface area contributed by atoms with Crippen molar-refractivity contribution < 1.29 is 14.4 Å². The first-order chi connectivity index (χ1) is 14.3. The first kappa shape index (κ1) is 21.0. The van der Waals surface area contributed by atoms with Crippen molar-refractivity contribution >= 4 is 17.7 Å². The van der Waals surface area contributed by atoms with Crippen LogP contribution >= 0.6 is 0 Å². The van der Waals surface area contributed by atoms with Crippen LogP contribution in [0, 0.1) is 0 Å². The Hall–Kier alpha value is -2.29. The molecular formula is C22H31N5O3. The molecule has 0 radical (unpaired) electrons. The van der Waals surface area contributed by atoms with Gasteiger partial charge in [0.2, 0.25) is 11.8 Å². The van der Waals surface area contributed by atoms with Gasteiger partial charge in [-0.15, -0.1) is 0 Å². The van der Waals surface area contributed by atoms with E-state index in [1.165, 1.54) is 0 Å². The van der Waals surface area contributed by atoms with E-state index in [1.807, 2.05) is 18.2 Å². The first-order valence-electron chi connectivity index (χ1n) is 10.8. The van der Waals surface area contributed by atoms with Crippen molar-refractivity contribution in [3.63, 3.8) is 0 Å². The van der Waals surface area contributed by atoms with E-state index in [1.54, 1.807) is 4.90 Å². The Kier molecular flexibility index (Phi) is 5.90. The van der Waals surface area contributed by atoms with Gasteiger partial charge in [-0.05, 0) is 37.5 Å². The molecular weight excluding hydrogens is 382 g/mol. The van der Waals surface area contributed by atoms with Crippen LogP contribution in [-0.4, -0.2) is 71.8 Å². The maximum Gasteiger partial charge on any atom is 0.255 e. The minimum Gasteiger partial charge on any atom is -0.322 e. The molecule has 1 atom stereocenters. The number of imide groups is 1. The standard InChI is InChI=1S/C22H31N5O3/c1-22(2,14-26-10-8-23-9-11-26)24-12-15-4-3-5-16-17(15)13-27(21(16)30)18-6-7-19(28)25-20(18)29/h3-5,18,23-24H,6-14H2,1-2H3,(H,25,28,29). The summed E-state index contributed by atoms with van der Waals surface area (Å²) in [6, 6.07) is 5.21. The van der Waals surface area contributed by atoms with Crippen molar-refractivity contribution in [2.45, 2.75) is 51.4 Å². The molecule has 3 N–H and O–H groups in total. The van der Waals surface area contributed by atoms with Gasteiger partial charge in [0, 0.05) is 63.3 Å². The molecule has 8 heteroatoms. The fourth-order valence-corrected chi connectivity index (χ4v) is 4.63. The zero-order chi connectivity index (χ0) is 21.3. The maximum absolute atomic E-state index is 13.0. The van der Waals surface area contributed by atoms with E-state index in [-0.39, 0.29) is 29.7 Å². The number of hydrogen-bond acceptors (Lipinski definition) is 6. The smallest absolute Gasteiger partial charge is 0.255 e. The summed E-state index contributed by atoms with van der Waals surface area (Å²) in [6.07, 6.45) is 0.654. The van der Waals surface area contributed by atoms with Gasteiger partial charge >= 0.3 is 0 Å². The number of carbonyl (C=O) groups excluding carboxylic acids is 3. The Balaban J connectivity index is 1.43. The van der Waals surface area contributed by atoms with Crippen molar-refractivity contribution in [3.05, 3.63) is 34.9 Å². The number of carbonyl (C=O) groups is 3. The predicted octanol–water partition coefficient (Wildman–Crippen LogP) is 0.221. The SMILES string of the molecule is CC(C)(CN1CCNCC1)NCc1cccc2c1CN(C1CCC(=O)NC1=O)C2=O. The molecule has 3 heterocycles. The Morgan fingerprint density at radius 1 is 1.17 bits per heavy atom. The monoisotopic (exact) mass is 413 g/mol. The minimum absolute atomic E-state index is 0.0635. The molecule has 0 saturated carbocycles. The van der Waals surface area contributed by atoms with E-state index in [0.29, 0.717) is 25.1 Å². The summed E-state index contributed by atoms with van der Waals surface area (Å²) in [5.74, 6) is -0.761. The van der Waals surface area contributed by atoms with Gasteiger partial charge in [0.15, 0.2) is 0 Å². The third-order valence-electron chi connectivity index (χ3n) is 6.26. The molecule has 2 fully saturated rings. The second kappa shape index (κ2) is 8.45. The van der Waals surface area contributed by atoms with E-state index in [4.69, 9.17) is 0 Å². The van der Waals surface area contributed by atoms with Gasteiger partial charge in [-0.25, -0.2) is 0 Å². The molecule has 1 aromatic rings. The number of amides is 3. The number of rotatable bonds is 6. The zero-order valence-corrected chi connectivity index (χ0v) is 17.8. The number of fused-ring (bicyclic) bond motifs is 1. The Morgan fingerprint density at radius 2 is 1.93 bits per heavy atom. The van der Waals surface area contributed by atoms with Crippen LogP contribution in [-0.2, 0) is 22.7 Å². The highest BCUT2D eigenvalue weighted by atomic mass is 16.2. The van der Waals surface area contributed by atoms with Crippen LogP contribution in [0.15, 0.2) is 18.2 Å². The number of nitrogens with zero attached hydrogens (tertiary/aromatic N) is 2. The fraction of sp³-hybridized carbons (Fsp3) is 0.591. The van der Waals surface area contributed by atoms with Crippen molar-refractivity contribution in [2.75, 3.05) is 32.7 Å². The fourth-order valence-electron chi connectivity index (χ4n) is 4.63. The summed E-state index contributed by atoms with van der Waals surface area (Å²) in [4.78, 5) is 40.8. The molecule has 3 aliphatic heterocycles. The van der Waals surface area contributed by atoms with E-state index in [0.717, 1.165) is 43.9 Å². The second-order valence-electron chi connectivity index (χ2n) is 9.11. The molecule has 30 heavy (non-hydrogen) atoms. The lowest BCUT2D eigenvalue weighted by Gasteiger charge is -2.36. The first-order valence-corrected chi connectivity index (χ1v) is 10.8. The lowest BCUT2D eigenvalue weighted by molar-refractivity contribution is -0.136. The lowest BCUT2D eigenvalue weighted by Crippen LogP contribution is -2.53. The molecule has 2 saturated heterocycles. The number of piperazine rings is 1. The summed E-state index contributed by atoms with van der Waals surface area (Å²) in [5.41, 5.74) is 2.67. The van der Waals surface area contributed by atoms with Gasteiger partial charge in [-0.1, -0.05) is 12.1 Å². The molecule has 4 rings (SSSR count). The van der Waals surface area contributed by atoms with Crippen molar-refractivity contribution in [2.24, 2.45) is 0 Å². The van der Waals surface area contributed by atoms with Gasteiger partial charge in [0.05, 0.1) is 0 Å². The molecule has 1 unspecified atom stereocenters. The van der Waals surface area contributed by atoms with Gasteiger partial charge in [0.25, 0.3) is 5.91 Å². The highest BCUT2D eigenvalue weighted by Gasteiger charge is 2.39. The Morgan fingerprint density at radius 3 is 2.67 bits per heavy atom. The third-order valence-corrected chi connectivity index (χ3v) is 6.26. The molecule has 0 bridgehead atoms. The van der Waals surface area contributed by atoms with Crippen LogP contribution in [0.25, 0.3) is 0 Å². The molecule has 162 valence electrons. The summed E-state index contributed by atoms with van der Waals surface area (Å²) in [6.45, 7) is 10.6. The van der Waals surface area contributed by atoms with Crippen LogP contribution in [0.1, 0.15) is 48.2 Å². The molecule has 3 amide bonds. The summed E-state index contributed by atoms with van der Waals surface area (Å²) < 4.78 is 0. The van der Waals surface area contributed by atoms with Gasteiger partial charge < -0.3 is 15.5 Å². The van der Waals surface area contributed by atoms with Crippen LogP contribution in [0.5, 0.6) is 0 Å². The minimum atomic E-state index is -0.576. The second-order valence-corrected chi connectivity index (χ2v) is 9.11. The molecule has 3 aliphatic rings. The highest BCUT2D eigenvalue weighted by Crippen LogP contribution is 2.30. The van der Waals surface area contributed by atoms with Gasteiger partial charge in [-0.2, -0.15) is 0 Å². The number of hydrogen-bond donors (Lipinski definition) is 3. The van der Waals surface area contributed by atoms with Crippen molar-refractivity contribution in [1.82, 2.24) is 25.8 Å². The van der Waals surface area contributed by atoms with E-state index >= 15 is 0 Å². The maximum atomic E-state index is 13.0. The number of nitrogens with one attached hydrogen (secondary N) is 3. The quantitative estimate of drug-likeness (QED) is 0.578. The zero-order valence-electron chi connectivity index (χ0n) is 17.8. The van der Waals surface area contributed by atoms with Crippen LogP contribution in [0.2, 0.25) is 0 Å². The van der Waals surface area contributed by atoms with E-state index in [9.17, 15) is 14.4 Å². The molecule has 0 aliphatic carbocycles. The van der Waals surface area contributed by atoms with Gasteiger partial charge in [0.1, 0.15) is 6.04 Å². The molecule has 1 aromatic carbocycles. The number of benzene rings is 1. The van der Waals surface area contributed by atoms with Crippen LogP contribution in [0.3, 0.4) is 0 Å². The summed E-state index contributed by atoms with van der Waals surface area (Å²) >= 11 is 0. The average molecular weight is 414 g/mol. The van der Waals surface area contributed by atoms with E-state index in [2.05, 4.69) is 34.7 Å². The average Bonchev–Trinajstić information content (AvgIpc) is 3.04. The normalized spacial score (nSPS) is 22.9. The van der Waals surface area contributed by atoms with Gasteiger partial charge in [-0.3, -0.25) is 24.6 Å². The molecule has 8 nitrogen and oxygen atoms in total. The summed E-state index contributed by atoms with van der Waals surface area (Å²) in [7, 11) is 0. The third kappa shape index (κ3) is 4.40. The summed E-state index contributed by atoms with van der Waals surface area (Å²) in [5, 5.41) is 9.40. The van der Waals surface area contributed by atoms with Crippen LogP contribution in [0.4, 0.5) is 0 Å². The largest absolute Gasteiger partial charge is 0.322 e. The number of piperidine rings is 1. The van der Waals surface area contributed by atoms with Crippen LogP contribution < -0.4 is 16.0 Å². The van der Waals surface area contributed by atoms with E-state index < -0.39 is 6.04 Å². The highest BCUT2D eigenvalue weighted by molar-refractivity contribution is 6.05.